The van der Waals surface area contributed by atoms with Crippen LogP contribution in [0.5, 0.6) is 0 Å². The Kier molecular flexibility index (Phi) is 3.38. The second-order valence-electron chi connectivity index (χ2n) is 4.00. The summed E-state index contributed by atoms with van der Waals surface area (Å²) in [5.41, 5.74) is 8.43. The fourth-order valence-corrected chi connectivity index (χ4v) is 2.03. The lowest BCUT2D eigenvalue weighted by Gasteiger charge is -2.09. The third-order valence-corrected chi connectivity index (χ3v) is 3.69. The lowest BCUT2D eigenvalue weighted by Crippen LogP contribution is -2.14. The predicted molar refractivity (Wildman–Crippen MR) is 74.6 cm³/mol. The molecule has 1 aromatic carbocycles. The van der Waals surface area contributed by atoms with Crippen molar-refractivity contribution in [2.45, 2.75) is 13.8 Å². The number of aryl methyl sites for hydroxylation is 2. The summed E-state index contributed by atoms with van der Waals surface area (Å²) < 4.78 is 0.859. The first-order chi connectivity index (χ1) is 8.50. The van der Waals surface area contributed by atoms with Crippen molar-refractivity contribution in [3.8, 4) is 0 Å². The number of hydrogen-bond donors (Lipinski definition) is 3. The van der Waals surface area contributed by atoms with Crippen LogP contribution in [0.4, 0.5) is 11.5 Å². The van der Waals surface area contributed by atoms with Crippen molar-refractivity contribution in [3.63, 3.8) is 0 Å². The zero-order valence-electron chi connectivity index (χ0n) is 10.0. The summed E-state index contributed by atoms with van der Waals surface area (Å²) in [7, 11) is 0. The summed E-state index contributed by atoms with van der Waals surface area (Å²) in [6.45, 7) is 3.71. The molecule has 0 atom stereocenters. The topological polar surface area (TPSA) is 83.8 Å². The molecule has 0 saturated carbocycles. The van der Waals surface area contributed by atoms with E-state index >= 15 is 0 Å². The lowest BCUT2D eigenvalue weighted by atomic mass is 10.2. The van der Waals surface area contributed by atoms with Gasteiger partial charge in [-0.3, -0.25) is 9.89 Å². The van der Waals surface area contributed by atoms with E-state index in [0.717, 1.165) is 10.0 Å². The van der Waals surface area contributed by atoms with Gasteiger partial charge in [-0.1, -0.05) is 12.1 Å². The molecule has 1 amide bonds. The molecule has 2 rings (SSSR count). The Morgan fingerprint density at radius 3 is 2.78 bits per heavy atom. The molecule has 6 heteroatoms. The molecular formula is C12H13BrN4O. The molecule has 0 spiro atoms. The fourth-order valence-electron chi connectivity index (χ4n) is 1.66. The van der Waals surface area contributed by atoms with Gasteiger partial charge >= 0.3 is 0 Å². The molecule has 5 nitrogen and oxygen atoms in total. The zero-order chi connectivity index (χ0) is 13.3. The van der Waals surface area contributed by atoms with Crippen LogP contribution < -0.4 is 11.1 Å². The molecular weight excluding hydrogens is 296 g/mol. The Labute approximate surface area is 113 Å². The van der Waals surface area contributed by atoms with E-state index in [-0.39, 0.29) is 11.7 Å². The summed E-state index contributed by atoms with van der Waals surface area (Å²) in [6, 6.07) is 5.65. The van der Waals surface area contributed by atoms with Crippen LogP contribution >= 0.6 is 15.9 Å². The maximum atomic E-state index is 12.1. The number of nitrogen functional groups attached to an aromatic ring is 1. The molecule has 0 radical (unpaired) electrons. The quantitative estimate of drug-likeness (QED) is 0.797. The predicted octanol–water partition coefficient (Wildman–Crippen LogP) is 2.62. The van der Waals surface area contributed by atoms with Gasteiger partial charge in [0.05, 0.1) is 5.69 Å². The first-order valence-electron chi connectivity index (χ1n) is 5.37. The van der Waals surface area contributed by atoms with Gasteiger partial charge in [-0.15, -0.1) is 0 Å². The minimum Gasteiger partial charge on any atom is -0.382 e. The van der Waals surface area contributed by atoms with Crippen molar-refractivity contribution < 1.29 is 4.79 Å². The van der Waals surface area contributed by atoms with E-state index < -0.39 is 0 Å². The standard InChI is InChI=1S/C12H13BrN4O/c1-6-4-3-5-8(10(6)13)15-12(18)9-7(2)16-17-11(9)14/h3-5H,1-2H3,(H,15,18)(H3,14,16,17). The SMILES string of the molecule is Cc1cccc(NC(=O)c2c(N)n[nH]c2C)c1Br. The molecule has 0 saturated heterocycles. The Balaban J connectivity index is 2.30. The van der Waals surface area contributed by atoms with Gasteiger partial charge in [0.25, 0.3) is 5.91 Å². The fraction of sp³-hybridized carbons (Fsp3) is 0.167. The number of carbonyl (C=O) groups excluding carboxylic acids is 1. The second-order valence-corrected chi connectivity index (χ2v) is 4.79. The summed E-state index contributed by atoms with van der Waals surface area (Å²) in [5, 5.41) is 9.29. The maximum Gasteiger partial charge on any atom is 0.261 e. The van der Waals surface area contributed by atoms with Crippen LogP contribution in [0.15, 0.2) is 22.7 Å². The Morgan fingerprint density at radius 2 is 2.17 bits per heavy atom. The highest BCUT2D eigenvalue weighted by atomic mass is 79.9. The highest BCUT2D eigenvalue weighted by Gasteiger charge is 2.17. The summed E-state index contributed by atoms with van der Waals surface area (Å²) in [6.07, 6.45) is 0. The van der Waals surface area contributed by atoms with Gasteiger partial charge in [0, 0.05) is 10.2 Å². The number of hydrogen-bond acceptors (Lipinski definition) is 3. The van der Waals surface area contributed by atoms with Crippen molar-refractivity contribution in [1.82, 2.24) is 10.2 Å². The number of amides is 1. The number of aromatic amines is 1. The monoisotopic (exact) mass is 308 g/mol. The minimum atomic E-state index is -0.273. The van der Waals surface area contributed by atoms with Gasteiger partial charge in [0.15, 0.2) is 5.82 Å². The van der Waals surface area contributed by atoms with E-state index in [4.69, 9.17) is 5.73 Å². The third kappa shape index (κ3) is 2.24. The van der Waals surface area contributed by atoms with E-state index in [1.807, 2.05) is 25.1 Å². The molecule has 1 aromatic heterocycles. The highest BCUT2D eigenvalue weighted by Crippen LogP contribution is 2.26. The van der Waals surface area contributed by atoms with Crippen LogP contribution in [0.25, 0.3) is 0 Å². The Hall–Kier alpha value is -1.82. The van der Waals surface area contributed by atoms with E-state index in [9.17, 15) is 4.79 Å². The largest absolute Gasteiger partial charge is 0.382 e. The maximum absolute atomic E-state index is 12.1. The molecule has 0 aliphatic carbocycles. The van der Waals surface area contributed by atoms with Crippen molar-refractivity contribution in [3.05, 3.63) is 39.5 Å². The zero-order valence-corrected chi connectivity index (χ0v) is 11.6. The average Bonchev–Trinajstić information content (AvgIpc) is 2.65. The van der Waals surface area contributed by atoms with Gasteiger partial charge in [0.2, 0.25) is 0 Å². The molecule has 0 aliphatic rings. The number of carbonyl (C=O) groups is 1. The highest BCUT2D eigenvalue weighted by molar-refractivity contribution is 9.10. The summed E-state index contributed by atoms with van der Waals surface area (Å²) in [4.78, 5) is 12.1. The van der Waals surface area contributed by atoms with Crippen molar-refractivity contribution in [2.24, 2.45) is 0 Å². The van der Waals surface area contributed by atoms with Gasteiger partial charge < -0.3 is 11.1 Å². The van der Waals surface area contributed by atoms with Crippen molar-refractivity contribution >= 4 is 33.3 Å². The number of benzene rings is 1. The number of anilines is 2. The number of aromatic nitrogens is 2. The van der Waals surface area contributed by atoms with E-state index in [0.29, 0.717) is 16.9 Å². The van der Waals surface area contributed by atoms with Gasteiger partial charge in [-0.2, -0.15) is 5.10 Å². The molecule has 94 valence electrons. The summed E-state index contributed by atoms with van der Waals surface area (Å²) >= 11 is 3.44. The number of nitrogens with one attached hydrogen (secondary N) is 2. The molecule has 18 heavy (non-hydrogen) atoms. The van der Waals surface area contributed by atoms with Crippen LogP contribution in [0.3, 0.4) is 0 Å². The molecule has 4 N–H and O–H groups in total. The number of rotatable bonds is 2. The van der Waals surface area contributed by atoms with Gasteiger partial charge in [0.1, 0.15) is 5.56 Å². The smallest absolute Gasteiger partial charge is 0.261 e. The van der Waals surface area contributed by atoms with Crippen LogP contribution in [0, 0.1) is 13.8 Å². The van der Waals surface area contributed by atoms with E-state index in [1.165, 1.54) is 0 Å². The molecule has 0 fully saturated rings. The van der Waals surface area contributed by atoms with Crippen LogP contribution in [0.2, 0.25) is 0 Å². The number of halogens is 1. The molecule has 0 aliphatic heterocycles. The number of nitrogens with two attached hydrogens (primary N) is 1. The number of nitrogens with zero attached hydrogens (tertiary/aromatic N) is 1. The first-order valence-corrected chi connectivity index (χ1v) is 6.17. The summed E-state index contributed by atoms with van der Waals surface area (Å²) in [5.74, 6) is -0.0705. The van der Waals surface area contributed by atoms with Crippen LogP contribution in [0.1, 0.15) is 21.6 Å². The normalized spacial score (nSPS) is 10.4. The lowest BCUT2D eigenvalue weighted by molar-refractivity contribution is 0.102. The molecule has 2 aromatic rings. The van der Waals surface area contributed by atoms with Crippen molar-refractivity contribution in [2.75, 3.05) is 11.1 Å². The Morgan fingerprint density at radius 1 is 1.44 bits per heavy atom. The number of H-pyrrole nitrogens is 1. The van der Waals surface area contributed by atoms with Gasteiger partial charge in [-0.25, -0.2) is 0 Å². The van der Waals surface area contributed by atoms with E-state index in [1.54, 1.807) is 6.92 Å². The second kappa shape index (κ2) is 4.81. The third-order valence-electron chi connectivity index (χ3n) is 2.64. The van der Waals surface area contributed by atoms with Gasteiger partial charge in [-0.05, 0) is 41.4 Å². The average molecular weight is 309 g/mol. The molecule has 0 bridgehead atoms. The minimum absolute atomic E-state index is 0.203. The van der Waals surface area contributed by atoms with Crippen molar-refractivity contribution in [1.29, 1.82) is 0 Å². The molecule has 1 heterocycles. The van der Waals surface area contributed by atoms with Crippen LogP contribution in [-0.4, -0.2) is 16.1 Å². The molecule has 0 unspecified atom stereocenters. The Bertz CT molecular complexity index is 587. The van der Waals surface area contributed by atoms with E-state index in [2.05, 4.69) is 31.4 Å². The van der Waals surface area contributed by atoms with Crippen LogP contribution in [-0.2, 0) is 0 Å². The first kappa shape index (κ1) is 12.6.